The topological polar surface area (TPSA) is 124 Å². The van der Waals surface area contributed by atoms with Crippen molar-refractivity contribution in [2.45, 2.75) is 71.9 Å². The third-order valence-corrected chi connectivity index (χ3v) is 6.73. The molecule has 3 atom stereocenters. The Kier molecular flexibility index (Phi) is 8.04. The first-order valence-electron chi connectivity index (χ1n) is 12.1. The van der Waals surface area contributed by atoms with Crippen LogP contribution in [0.25, 0.3) is 10.9 Å². The van der Waals surface area contributed by atoms with E-state index in [1.165, 1.54) is 0 Å². The van der Waals surface area contributed by atoms with E-state index in [0.29, 0.717) is 34.8 Å². The smallest absolute Gasteiger partial charge is 0.224 e. The lowest BCUT2D eigenvalue weighted by molar-refractivity contribution is -0.127. The zero-order chi connectivity index (χ0) is 26.8. The van der Waals surface area contributed by atoms with Gasteiger partial charge in [-0.2, -0.15) is 5.26 Å². The van der Waals surface area contributed by atoms with E-state index in [1.54, 1.807) is 25.3 Å². The highest BCUT2D eigenvalue weighted by atomic mass is 35.5. The largest absolute Gasteiger partial charge is 0.497 e. The number of aromatic amines is 1. The van der Waals surface area contributed by atoms with Crippen LogP contribution < -0.4 is 15.4 Å². The number of H-pyrrole nitrogens is 1. The first-order valence-corrected chi connectivity index (χ1v) is 12.5. The van der Waals surface area contributed by atoms with Crippen LogP contribution in [-0.4, -0.2) is 41.3 Å². The Morgan fingerprint density at radius 1 is 1.31 bits per heavy atom. The van der Waals surface area contributed by atoms with Gasteiger partial charge in [0.2, 0.25) is 11.8 Å². The first kappa shape index (κ1) is 27.5. The van der Waals surface area contributed by atoms with Gasteiger partial charge in [0.05, 0.1) is 29.4 Å². The Balaban J connectivity index is 1.75. The van der Waals surface area contributed by atoms with Crippen LogP contribution in [0.15, 0.2) is 18.2 Å². The number of rotatable bonds is 9. The average molecular weight is 515 g/mol. The van der Waals surface area contributed by atoms with E-state index < -0.39 is 12.0 Å². The Bertz CT molecular complexity index is 1200. The van der Waals surface area contributed by atoms with E-state index in [2.05, 4.69) is 21.7 Å². The van der Waals surface area contributed by atoms with Gasteiger partial charge in [-0.25, -0.2) is 0 Å². The summed E-state index contributed by atoms with van der Waals surface area (Å²) in [5.74, 6) is -1.10. The lowest BCUT2D eigenvalue weighted by atomic mass is 9.81. The van der Waals surface area contributed by atoms with Crippen molar-refractivity contribution in [1.82, 2.24) is 15.6 Å². The molecule has 36 heavy (non-hydrogen) atoms. The van der Waals surface area contributed by atoms with E-state index in [9.17, 15) is 19.6 Å². The van der Waals surface area contributed by atoms with Gasteiger partial charge in [0.1, 0.15) is 11.8 Å². The highest BCUT2D eigenvalue weighted by molar-refractivity contribution is 6.35. The number of hydrogen-bond acceptors (Lipinski definition) is 5. The maximum Gasteiger partial charge on any atom is 0.224 e. The van der Waals surface area contributed by atoms with Crippen LogP contribution >= 0.6 is 11.6 Å². The zero-order valence-corrected chi connectivity index (χ0v) is 22.5. The van der Waals surface area contributed by atoms with Crippen LogP contribution in [0.2, 0.25) is 5.02 Å². The van der Waals surface area contributed by atoms with E-state index in [0.717, 1.165) is 5.39 Å². The number of nitriles is 1. The van der Waals surface area contributed by atoms with Gasteiger partial charge in [-0.3, -0.25) is 14.4 Å². The SMILES string of the molecule is COc1cc(Cl)c2[nH]c(C(=O)C[C@@H](CC(C)(C)C)C(=O)N[C@H](C#N)C[C@@H]3CC(C)(C)NC3=O)cc2c1. The minimum absolute atomic E-state index is 0.0280. The summed E-state index contributed by atoms with van der Waals surface area (Å²) in [7, 11) is 1.54. The number of aromatic nitrogens is 1. The molecule has 1 aliphatic rings. The molecule has 194 valence electrons. The van der Waals surface area contributed by atoms with Gasteiger partial charge in [-0.05, 0) is 50.7 Å². The fourth-order valence-electron chi connectivity index (χ4n) is 4.88. The predicted octanol–water partition coefficient (Wildman–Crippen LogP) is 4.77. The monoisotopic (exact) mass is 514 g/mol. The molecule has 0 bridgehead atoms. The van der Waals surface area contributed by atoms with Crippen LogP contribution in [0, 0.1) is 28.6 Å². The van der Waals surface area contributed by atoms with Gasteiger partial charge in [0, 0.05) is 35.2 Å². The molecule has 2 amide bonds. The van der Waals surface area contributed by atoms with Crippen molar-refractivity contribution in [2.24, 2.45) is 17.3 Å². The molecule has 2 heterocycles. The second-order valence-corrected chi connectivity index (χ2v) is 12.0. The number of halogens is 1. The van der Waals surface area contributed by atoms with E-state index in [-0.39, 0.29) is 47.3 Å². The molecule has 0 radical (unpaired) electrons. The molecule has 0 saturated carbocycles. The molecule has 1 aromatic heterocycles. The van der Waals surface area contributed by atoms with Crippen molar-refractivity contribution in [3.63, 3.8) is 0 Å². The van der Waals surface area contributed by atoms with Gasteiger partial charge in [0.15, 0.2) is 5.78 Å². The van der Waals surface area contributed by atoms with Crippen molar-refractivity contribution < 1.29 is 19.1 Å². The molecule has 0 spiro atoms. The van der Waals surface area contributed by atoms with Gasteiger partial charge >= 0.3 is 0 Å². The standard InChI is InChI=1S/C27H35ClN4O4/c1-26(2,3)12-17(24(34)30-18(14-29)7-16-13-27(4,5)32-25(16)35)10-22(33)21-9-15-8-19(36-6)11-20(28)23(15)31-21/h8-9,11,16-18,31H,7,10,12-13H2,1-6H3,(H,30,34)(H,32,35)/t16-,17+,18+/m1/s1. The summed E-state index contributed by atoms with van der Waals surface area (Å²) in [4.78, 5) is 41.9. The molecular weight excluding hydrogens is 480 g/mol. The van der Waals surface area contributed by atoms with Crippen LogP contribution in [0.4, 0.5) is 0 Å². The number of fused-ring (bicyclic) bond motifs is 1. The quantitative estimate of drug-likeness (QED) is 0.416. The lowest BCUT2D eigenvalue weighted by Crippen LogP contribution is -2.41. The molecule has 8 nitrogen and oxygen atoms in total. The predicted molar refractivity (Wildman–Crippen MR) is 139 cm³/mol. The summed E-state index contributed by atoms with van der Waals surface area (Å²) in [6.07, 6.45) is 1.25. The molecule has 2 aromatic rings. The Morgan fingerprint density at radius 2 is 2.00 bits per heavy atom. The Morgan fingerprint density at radius 3 is 2.56 bits per heavy atom. The van der Waals surface area contributed by atoms with Crippen LogP contribution in [0.5, 0.6) is 5.75 Å². The van der Waals surface area contributed by atoms with Gasteiger partial charge in [-0.1, -0.05) is 32.4 Å². The number of amides is 2. The molecule has 3 N–H and O–H groups in total. The Labute approximate surface area is 217 Å². The number of ether oxygens (including phenoxy) is 1. The molecule has 0 aliphatic carbocycles. The number of nitrogens with one attached hydrogen (secondary N) is 3. The summed E-state index contributed by atoms with van der Waals surface area (Å²) in [5, 5.41) is 16.6. The average Bonchev–Trinajstić information content (AvgIpc) is 3.31. The number of benzene rings is 1. The number of ketones is 1. The summed E-state index contributed by atoms with van der Waals surface area (Å²) in [5.41, 5.74) is 0.421. The lowest BCUT2D eigenvalue weighted by Gasteiger charge is -2.26. The maximum absolute atomic E-state index is 13.3. The number of Topliss-reactive ketones (excluding diaryl/α,β-unsaturated/α-hetero) is 1. The summed E-state index contributed by atoms with van der Waals surface area (Å²) < 4.78 is 5.25. The molecule has 1 fully saturated rings. The fraction of sp³-hybridized carbons (Fsp3) is 0.556. The second kappa shape index (κ2) is 10.5. The zero-order valence-electron chi connectivity index (χ0n) is 21.8. The van der Waals surface area contributed by atoms with Crippen molar-refractivity contribution >= 4 is 40.1 Å². The number of hydrogen-bond donors (Lipinski definition) is 3. The van der Waals surface area contributed by atoms with Crippen molar-refractivity contribution in [3.05, 3.63) is 28.9 Å². The third kappa shape index (κ3) is 6.79. The maximum atomic E-state index is 13.3. The fourth-order valence-corrected chi connectivity index (χ4v) is 5.14. The van der Waals surface area contributed by atoms with Crippen molar-refractivity contribution in [3.8, 4) is 11.8 Å². The van der Waals surface area contributed by atoms with Crippen molar-refractivity contribution in [1.29, 1.82) is 5.26 Å². The van der Waals surface area contributed by atoms with Gasteiger partial charge in [0.25, 0.3) is 0 Å². The summed E-state index contributed by atoms with van der Waals surface area (Å²) in [6, 6.07) is 6.45. The molecule has 0 unspecified atom stereocenters. The van der Waals surface area contributed by atoms with Crippen LogP contribution in [-0.2, 0) is 9.59 Å². The summed E-state index contributed by atoms with van der Waals surface area (Å²) in [6.45, 7) is 9.87. The highest BCUT2D eigenvalue weighted by Gasteiger charge is 2.39. The molecule has 9 heteroatoms. The van der Waals surface area contributed by atoms with Crippen LogP contribution in [0.3, 0.4) is 0 Å². The van der Waals surface area contributed by atoms with E-state index in [4.69, 9.17) is 16.3 Å². The number of methoxy groups -OCH3 is 1. The number of nitrogens with zero attached hydrogens (tertiary/aromatic N) is 1. The van der Waals surface area contributed by atoms with Crippen molar-refractivity contribution in [2.75, 3.05) is 7.11 Å². The van der Waals surface area contributed by atoms with Gasteiger partial charge in [-0.15, -0.1) is 0 Å². The minimum Gasteiger partial charge on any atom is -0.497 e. The van der Waals surface area contributed by atoms with E-state index >= 15 is 0 Å². The Hall–Kier alpha value is -3.05. The molecule has 1 aromatic carbocycles. The molecule has 3 rings (SSSR count). The van der Waals surface area contributed by atoms with E-state index in [1.807, 2.05) is 34.6 Å². The molecule has 1 aliphatic heterocycles. The second-order valence-electron chi connectivity index (χ2n) is 11.5. The number of carbonyl (C=O) groups excluding carboxylic acids is 3. The van der Waals surface area contributed by atoms with Gasteiger partial charge < -0.3 is 20.4 Å². The molecule has 1 saturated heterocycles. The summed E-state index contributed by atoms with van der Waals surface area (Å²) >= 11 is 6.33. The van der Waals surface area contributed by atoms with Crippen LogP contribution in [0.1, 0.15) is 70.8 Å². The normalized spacial score (nSPS) is 18.8. The molecular formula is C27H35ClN4O4. The first-order chi connectivity index (χ1) is 16.7. The highest BCUT2D eigenvalue weighted by Crippen LogP contribution is 2.32. The third-order valence-electron chi connectivity index (χ3n) is 6.43. The minimum atomic E-state index is -0.820. The number of carbonyl (C=O) groups is 3.